The molecule has 45 heavy (non-hydrogen) atoms. The molecule has 5 rings (SSSR count). The van der Waals surface area contributed by atoms with Gasteiger partial charge in [-0.3, -0.25) is 14.9 Å². The van der Waals surface area contributed by atoms with Crippen molar-refractivity contribution >= 4 is 54.9 Å². The molecule has 1 aliphatic heterocycles. The van der Waals surface area contributed by atoms with Crippen molar-refractivity contribution < 1.29 is 13.8 Å². The van der Waals surface area contributed by atoms with Gasteiger partial charge < -0.3 is 29.4 Å². The molecule has 11 nitrogen and oxygen atoms in total. The van der Waals surface area contributed by atoms with Crippen LogP contribution in [0.4, 0.5) is 11.5 Å². The van der Waals surface area contributed by atoms with Crippen LogP contribution in [-0.2, 0) is 33.2 Å². The van der Waals surface area contributed by atoms with Crippen LogP contribution in [0.5, 0.6) is 0 Å². The molecule has 3 heterocycles. The van der Waals surface area contributed by atoms with Crippen LogP contribution in [0.3, 0.4) is 0 Å². The van der Waals surface area contributed by atoms with Crippen LogP contribution in [0, 0.1) is 0 Å². The number of nitrogens with zero attached hydrogens (tertiary/aromatic N) is 6. The topological polar surface area (TPSA) is 124 Å². The van der Waals surface area contributed by atoms with E-state index in [1.807, 2.05) is 23.6 Å². The lowest BCUT2D eigenvalue weighted by Crippen LogP contribution is -2.34. The molecule has 3 N–H and O–H groups in total. The summed E-state index contributed by atoms with van der Waals surface area (Å²) in [5, 5.41) is 5.76. The Labute approximate surface area is 272 Å². The Bertz CT molecular complexity index is 1470. The summed E-state index contributed by atoms with van der Waals surface area (Å²) in [5.74, 6) is 0.908. The number of anilines is 1. The van der Waals surface area contributed by atoms with Crippen LogP contribution in [0.25, 0.3) is 10.9 Å². The van der Waals surface area contributed by atoms with Gasteiger partial charge in [0.1, 0.15) is 17.9 Å². The maximum absolute atomic E-state index is 6.31. The number of ether oxygens (including phenoxy) is 1. The number of benzene rings is 1. The van der Waals surface area contributed by atoms with E-state index < -0.39 is 8.38 Å². The van der Waals surface area contributed by atoms with Crippen LogP contribution in [0.15, 0.2) is 34.5 Å². The van der Waals surface area contributed by atoms with Gasteiger partial charge in [-0.15, -0.1) is 0 Å². The Morgan fingerprint density at radius 2 is 2.00 bits per heavy atom. The number of fused-ring (bicyclic) bond motifs is 2. The Kier molecular flexibility index (Phi) is 12.2. The van der Waals surface area contributed by atoms with Crippen molar-refractivity contribution in [3.8, 4) is 0 Å². The summed E-state index contributed by atoms with van der Waals surface area (Å²) in [5.41, 5.74) is 11.3. The second-order valence-electron chi connectivity index (χ2n) is 11.8. The van der Waals surface area contributed by atoms with Crippen molar-refractivity contribution in [2.75, 3.05) is 51.6 Å². The van der Waals surface area contributed by atoms with Crippen LogP contribution < -0.4 is 11.1 Å². The zero-order valence-electron chi connectivity index (χ0n) is 26.7. The number of imidazole rings is 1. The normalized spacial score (nSPS) is 18.3. The molecule has 1 fully saturated rings. The van der Waals surface area contributed by atoms with E-state index in [2.05, 4.69) is 44.9 Å². The summed E-state index contributed by atoms with van der Waals surface area (Å²) in [4.78, 5) is 19.8. The molecular formula is C32H46ClN8O3P. The Morgan fingerprint density at radius 3 is 2.76 bits per heavy atom. The number of aliphatic imine (C=N–C) groups is 2. The van der Waals surface area contributed by atoms with E-state index in [4.69, 9.17) is 36.1 Å². The number of amidine groups is 1. The van der Waals surface area contributed by atoms with E-state index in [1.54, 1.807) is 13.4 Å². The highest BCUT2D eigenvalue weighted by atomic mass is 35.5. The minimum absolute atomic E-state index is 0.104. The fourth-order valence-electron chi connectivity index (χ4n) is 5.97. The number of nitrogens with one attached hydrogen (secondary N) is 1. The lowest BCUT2D eigenvalue weighted by Gasteiger charge is -2.29. The molecule has 1 aromatic carbocycles. The summed E-state index contributed by atoms with van der Waals surface area (Å²) in [6.07, 6.45) is 8.70. The summed E-state index contributed by atoms with van der Waals surface area (Å²) >= 11 is 6.31. The predicted octanol–water partition coefficient (Wildman–Crippen LogP) is 5.93. The molecule has 0 amide bonds. The minimum Gasteiger partial charge on any atom is -0.382 e. The highest BCUT2D eigenvalue weighted by Crippen LogP contribution is 2.39. The van der Waals surface area contributed by atoms with Gasteiger partial charge in [-0.05, 0) is 89.4 Å². The molecular weight excluding hydrogens is 611 g/mol. The lowest BCUT2D eigenvalue weighted by molar-refractivity contribution is 0.0670. The van der Waals surface area contributed by atoms with Gasteiger partial charge in [-0.25, -0.2) is 9.98 Å². The molecule has 1 aliphatic carbocycles. The largest absolute Gasteiger partial charge is 0.382 e. The third-order valence-corrected chi connectivity index (χ3v) is 9.91. The molecule has 3 aromatic rings. The van der Waals surface area contributed by atoms with Gasteiger partial charge in [0.05, 0.1) is 37.7 Å². The van der Waals surface area contributed by atoms with Gasteiger partial charge in [-0.1, -0.05) is 11.6 Å². The molecule has 13 heteroatoms. The number of hydrogen-bond acceptors (Lipinski definition) is 9. The van der Waals surface area contributed by atoms with E-state index in [9.17, 15) is 0 Å². The first kappa shape index (κ1) is 33.7. The fourth-order valence-corrected chi connectivity index (χ4v) is 7.31. The standard InChI is InChI=1S/C32H46ClN8O3P/c1-22(38-29-25-9-5-6-10-27(25)39-28-18-24(33)11-12-26(28)29)8-7-13-40-14-16-43-45(44-17-15-40)21-42-23(2)19-41-20-37-30(31(34)35-3)32(41)36-4/h11-12,18,20,22-23H,4-10,13-17,19,21H2,1-3H3,(H2,34,35)(H,38,39). The van der Waals surface area contributed by atoms with E-state index in [0.717, 1.165) is 55.9 Å². The quantitative estimate of drug-likeness (QED) is 0.132. The SMILES string of the molecule is C=Nc1c(C(N)=NC)ncn1CC(C)OCP1OCCN(CCCC(C)Nc2c3c(nc4cc(Cl)ccc24)CCCC3)CCO1. The van der Waals surface area contributed by atoms with Gasteiger partial charge >= 0.3 is 0 Å². The van der Waals surface area contributed by atoms with Crippen molar-refractivity contribution in [1.29, 1.82) is 0 Å². The predicted molar refractivity (Wildman–Crippen MR) is 184 cm³/mol. The highest BCUT2D eigenvalue weighted by molar-refractivity contribution is 7.47. The first-order valence-electron chi connectivity index (χ1n) is 15.9. The van der Waals surface area contributed by atoms with E-state index >= 15 is 0 Å². The second kappa shape index (κ2) is 16.3. The van der Waals surface area contributed by atoms with Crippen LogP contribution >= 0.6 is 20.0 Å². The third-order valence-electron chi connectivity index (χ3n) is 8.37. The fraction of sp³-hybridized carbons (Fsp3) is 0.562. The Hall–Kier alpha value is -2.66. The van der Waals surface area contributed by atoms with Crippen molar-refractivity contribution in [2.45, 2.75) is 71.1 Å². The van der Waals surface area contributed by atoms with Crippen LogP contribution in [-0.4, -0.2) is 90.4 Å². The molecule has 2 aromatic heterocycles. The number of halogens is 1. The number of aromatic nitrogens is 3. The van der Waals surface area contributed by atoms with Gasteiger partial charge in [0.2, 0.25) is 0 Å². The van der Waals surface area contributed by atoms with Crippen molar-refractivity contribution in [3.05, 3.63) is 46.5 Å². The van der Waals surface area contributed by atoms with Crippen molar-refractivity contribution in [1.82, 2.24) is 19.4 Å². The molecule has 2 aliphatic rings. The molecule has 0 bridgehead atoms. The van der Waals surface area contributed by atoms with E-state index in [0.29, 0.717) is 49.5 Å². The number of aryl methyl sites for hydroxylation is 1. The summed E-state index contributed by atoms with van der Waals surface area (Å²) < 4.78 is 20.1. The number of pyridine rings is 1. The van der Waals surface area contributed by atoms with E-state index in [-0.39, 0.29) is 6.10 Å². The smallest absolute Gasteiger partial charge is 0.198 e. The van der Waals surface area contributed by atoms with Crippen molar-refractivity contribution in [2.24, 2.45) is 15.7 Å². The van der Waals surface area contributed by atoms with Gasteiger partial charge in [-0.2, -0.15) is 0 Å². The van der Waals surface area contributed by atoms with Gasteiger partial charge in [0, 0.05) is 48.0 Å². The van der Waals surface area contributed by atoms with Crippen molar-refractivity contribution in [3.63, 3.8) is 0 Å². The minimum atomic E-state index is -1.11. The molecule has 244 valence electrons. The summed E-state index contributed by atoms with van der Waals surface area (Å²) in [6, 6.07) is 6.41. The maximum Gasteiger partial charge on any atom is 0.198 e. The highest BCUT2D eigenvalue weighted by Gasteiger charge is 2.22. The summed E-state index contributed by atoms with van der Waals surface area (Å²) in [6.45, 7) is 12.5. The van der Waals surface area contributed by atoms with Gasteiger partial charge in [0.15, 0.2) is 14.2 Å². The first-order chi connectivity index (χ1) is 21.9. The molecule has 0 spiro atoms. The molecule has 1 saturated heterocycles. The maximum atomic E-state index is 6.31. The molecule has 0 saturated carbocycles. The second-order valence-corrected chi connectivity index (χ2v) is 13.6. The molecule has 2 unspecified atom stereocenters. The Balaban J connectivity index is 1.04. The molecule has 2 atom stereocenters. The monoisotopic (exact) mass is 656 g/mol. The van der Waals surface area contributed by atoms with Crippen LogP contribution in [0.2, 0.25) is 5.02 Å². The lowest BCUT2D eigenvalue weighted by atomic mass is 9.92. The Morgan fingerprint density at radius 1 is 1.22 bits per heavy atom. The van der Waals surface area contributed by atoms with Crippen LogP contribution in [0.1, 0.15) is 56.5 Å². The number of rotatable bonds is 13. The zero-order valence-corrected chi connectivity index (χ0v) is 28.3. The number of hydrogen-bond donors (Lipinski definition) is 2. The molecule has 0 radical (unpaired) electrons. The average Bonchev–Trinajstić information content (AvgIpc) is 3.43. The van der Waals surface area contributed by atoms with E-state index in [1.165, 1.54) is 35.2 Å². The average molecular weight is 657 g/mol. The third kappa shape index (κ3) is 8.78. The number of nitrogens with two attached hydrogens (primary N) is 1. The summed E-state index contributed by atoms with van der Waals surface area (Å²) in [7, 11) is 0.516. The van der Waals surface area contributed by atoms with Gasteiger partial charge in [0.25, 0.3) is 0 Å². The first-order valence-corrected chi connectivity index (χ1v) is 17.6. The zero-order chi connectivity index (χ0) is 31.8.